The van der Waals surface area contributed by atoms with Crippen LogP contribution in [0.25, 0.3) is 11.1 Å². The van der Waals surface area contributed by atoms with E-state index in [2.05, 4.69) is 34.9 Å². The number of hydrogen-bond donors (Lipinski definition) is 3. The third kappa shape index (κ3) is 4.90. The third-order valence-electron chi connectivity index (χ3n) is 7.86. The molecule has 1 atom stereocenters. The number of carbonyl (C=O) groups excluding carboxylic acids is 2. The van der Waals surface area contributed by atoms with Gasteiger partial charge in [-0.25, -0.2) is 4.79 Å². The number of fused-ring (bicyclic) bond motifs is 3. The van der Waals surface area contributed by atoms with Gasteiger partial charge in [0, 0.05) is 18.5 Å². The summed E-state index contributed by atoms with van der Waals surface area (Å²) in [6.07, 6.45) is 4.47. The first-order valence-electron chi connectivity index (χ1n) is 12.6. The van der Waals surface area contributed by atoms with Crippen LogP contribution in [0.1, 0.15) is 62.0 Å². The Morgan fingerprint density at radius 1 is 0.971 bits per heavy atom. The number of rotatable bonds is 9. The largest absolute Gasteiger partial charge is 0.481 e. The highest BCUT2D eigenvalue weighted by Crippen LogP contribution is 2.44. The molecule has 0 aromatic heterocycles. The second-order valence-electron chi connectivity index (χ2n) is 10.2. The molecule has 2 fully saturated rings. The molecule has 2 aromatic rings. The summed E-state index contributed by atoms with van der Waals surface area (Å²) in [5.41, 5.74) is 3.93. The van der Waals surface area contributed by atoms with Crippen LogP contribution in [0.15, 0.2) is 48.5 Å². The Bertz CT molecular complexity index is 1070. The number of carboxylic acids is 1. The topological polar surface area (TPSA) is 105 Å². The summed E-state index contributed by atoms with van der Waals surface area (Å²) in [6.45, 7) is 0.418. The van der Waals surface area contributed by atoms with E-state index in [1.165, 1.54) is 11.1 Å². The fraction of sp³-hybridized carbons (Fsp3) is 0.464. The number of benzene rings is 2. The molecular weight excluding hydrogens is 444 g/mol. The van der Waals surface area contributed by atoms with Gasteiger partial charge in [-0.2, -0.15) is 0 Å². The van der Waals surface area contributed by atoms with E-state index in [9.17, 15) is 19.5 Å². The lowest BCUT2D eigenvalue weighted by molar-refractivity contribution is -0.138. The van der Waals surface area contributed by atoms with E-state index >= 15 is 0 Å². The van der Waals surface area contributed by atoms with Crippen molar-refractivity contribution in [2.45, 2.75) is 56.9 Å². The summed E-state index contributed by atoms with van der Waals surface area (Å²) in [7, 11) is 0. The lowest BCUT2D eigenvalue weighted by Gasteiger charge is -2.30. The highest BCUT2D eigenvalue weighted by Gasteiger charge is 2.44. The van der Waals surface area contributed by atoms with Gasteiger partial charge in [0.05, 0.1) is 11.8 Å². The van der Waals surface area contributed by atoms with Crippen molar-refractivity contribution in [3.05, 3.63) is 59.7 Å². The van der Waals surface area contributed by atoms with E-state index in [1.54, 1.807) is 0 Å². The smallest absolute Gasteiger partial charge is 0.407 e. The number of hydrogen-bond acceptors (Lipinski definition) is 4. The van der Waals surface area contributed by atoms with E-state index in [4.69, 9.17) is 4.74 Å². The fourth-order valence-corrected chi connectivity index (χ4v) is 5.77. The molecule has 2 aromatic carbocycles. The van der Waals surface area contributed by atoms with Crippen LogP contribution in [-0.2, 0) is 14.3 Å². The van der Waals surface area contributed by atoms with Gasteiger partial charge in [-0.15, -0.1) is 0 Å². The lowest BCUT2D eigenvalue weighted by Crippen LogP contribution is -2.50. The second-order valence-corrected chi connectivity index (χ2v) is 10.2. The average molecular weight is 477 g/mol. The molecule has 0 aliphatic heterocycles. The molecule has 0 heterocycles. The summed E-state index contributed by atoms with van der Waals surface area (Å²) in [5, 5.41) is 15.1. The minimum Gasteiger partial charge on any atom is -0.481 e. The molecular formula is C28H32N2O5. The normalized spacial score (nSPS) is 18.9. The predicted octanol–water partition coefficient (Wildman–Crippen LogP) is 4.46. The van der Waals surface area contributed by atoms with Gasteiger partial charge in [0.2, 0.25) is 5.91 Å². The molecule has 0 radical (unpaired) electrons. The van der Waals surface area contributed by atoms with Crippen LogP contribution in [0.2, 0.25) is 0 Å². The number of carboxylic acid groups (broad SMARTS) is 1. The zero-order chi connectivity index (χ0) is 24.4. The number of amides is 2. The van der Waals surface area contributed by atoms with E-state index < -0.39 is 17.5 Å². The van der Waals surface area contributed by atoms with Crippen LogP contribution < -0.4 is 10.6 Å². The monoisotopic (exact) mass is 476 g/mol. The number of ether oxygens (including phenoxy) is 1. The number of aliphatic carboxylic acids is 1. The first-order valence-corrected chi connectivity index (χ1v) is 12.6. The van der Waals surface area contributed by atoms with Crippen molar-refractivity contribution < 1.29 is 24.2 Å². The van der Waals surface area contributed by atoms with Crippen molar-refractivity contribution in [1.29, 1.82) is 0 Å². The van der Waals surface area contributed by atoms with Gasteiger partial charge < -0.3 is 20.5 Å². The Morgan fingerprint density at radius 3 is 2.14 bits per heavy atom. The van der Waals surface area contributed by atoms with Gasteiger partial charge in [-0.3, -0.25) is 9.59 Å². The lowest BCUT2D eigenvalue weighted by atomic mass is 9.84. The molecule has 0 bridgehead atoms. The van der Waals surface area contributed by atoms with Crippen LogP contribution in [-0.4, -0.2) is 42.3 Å². The molecule has 3 aliphatic rings. The molecule has 35 heavy (non-hydrogen) atoms. The van der Waals surface area contributed by atoms with E-state index in [-0.39, 0.29) is 43.4 Å². The molecule has 7 heteroatoms. The van der Waals surface area contributed by atoms with Gasteiger partial charge in [-0.05, 0) is 53.9 Å². The van der Waals surface area contributed by atoms with Gasteiger partial charge in [-0.1, -0.05) is 61.4 Å². The standard InChI is InChI=1S/C28H32N2O5/c31-25(32)15-24(18-11-12-18)30-26(33)28(13-5-6-14-28)17-29-27(34)35-16-23-21-9-3-1-7-19(21)20-8-2-4-10-22(20)23/h1-4,7-10,18,23-24H,5-6,11-17H2,(H,29,34)(H,30,33)(H,31,32). The summed E-state index contributed by atoms with van der Waals surface area (Å²) >= 11 is 0. The molecule has 5 rings (SSSR count). The van der Waals surface area contributed by atoms with Gasteiger partial charge >= 0.3 is 12.1 Å². The molecule has 3 aliphatic carbocycles. The Labute approximate surface area is 205 Å². The van der Waals surface area contributed by atoms with Crippen molar-refractivity contribution >= 4 is 18.0 Å². The highest BCUT2D eigenvalue weighted by molar-refractivity contribution is 5.85. The number of carbonyl (C=O) groups is 3. The SMILES string of the molecule is O=C(O)CC(NC(=O)C1(CNC(=O)OCC2c3ccccc3-c3ccccc32)CCCC1)C1CC1. The third-order valence-corrected chi connectivity index (χ3v) is 7.86. The van der Waals surface area contributed by atoms with Crippen molar-refractivity contribution in [3.8, 4) is 11.1 Å². The van der Waals surface area contributed by atoms with Crippen molar-refractivity contribution in [1.82, 2.24) is 10.6 Å². The Hall–Kier alpha value is -3.35. The Kier molecular flexibility index (Phi) is 6.50. The van der Waals surface area contributed by atoms with E-state index in [0.29, 0.717) is 12.8 Å². The van der Waals surface area contributed by atoms with Gasteiger partial charge in [0.25, 0.3) is 0 Å². The maximum absolute atomic E-state index is 13.2. The Morgan fingerprint density at radius 2 is 1.57 bits per heavy atom. The quantitative estimate of drug-likeness (QED) is 0.496. The van der Waals surface area contributed by atoms with Crippen LogP contribution >= 0.6 is 0 Å². The van der Waals surface area contributed by atoms with Crippen molar-refractivity contribution in [3.63, 3.8) is 0 Å². The number of alkyl carbamates (subject to hydrolysis) is 1. The van der Waals surface area contributed by atoms with Crippen LogP contribution in [0.3, 0.4) is 0 Å². The average Bonchev–Trinajstić information content (AvgIpc) is 3.51. The maximum atomic E-state index is 13.2. The summed E-state index contributed by atoms with van der Waals surface area (Å²) in [5.74, 6) is -0.831. The molecule has 7 nitrogen and oxygen atoms in total. The van der Waals surface area contributed by atoms with E-state index in [1.807, 2.05) is 24.3 Å². The summed E-state index contributed by atoms with van der Waals surface area (Å²) in [6, 6.07) is 16.0. The molecule has 0 saturated heterocycles. The fourth-order valence-electron chi connectivity index (χ4n) is 5.77. The summed E-state index contributed by atoms with van der Waals surface area (Å²) < 4.78 is 5.65. The zero-order valence-corrected chi connectivity index (χ0v) is 19.8. The van der Waals surface area contributed by atoms with Crippen LogP contribution in [0.5, 0.6) is 0 Å². The minimum atomic E-state index is -0.903. The van der Waals surface area contributed by atoms with Crippen LogP contribution in [0.4, 0.5) is 4.79 Å². The maximum Gasteiger partial charge on any atom is 0.407 e. The first kappa shape index (κ1) is 23.4. The molecule has 1 unspecified atom stereocenters. The molecule has 3 N–H and O–H groups in total. The minimum absolute atomic E-state index is 0.0211. The molecule has 184 valence electrons. The van der Waals surface area contributed by atoms with Gasteiger partial charge in [0.1, 0.15) is 6.61 Å². The molecule has 2 saturated carbocycles. The highest BCUT2D eigenvalue weighted by atomic mass is 16.5. The molecule has 2 amide bonds. The van der Waals surface area contributed by atoms with E-state index in [0.717, 1.165) is 36.8 Å². The first-order chi connectivity index (χ1) is 17.0. The van der Waals surface area contributed by atoms with Crippen molar-refractivity contribution in [2.75, 3.05) is 13.2 Å². The van der Waals surface area contributed by atoms with Crippen molar-refractivity contribution in [2.24, 2.45) is 11.3 Å². The Balaban J connectivity index is 1.20. The zero-order valence-electron chi connectivity index (χ0n) is 19.8. The van der Waals surface area contributed by atoms with Gasteiger partial charge in [0.15, 0.2) is 0 Å². The molecule has 0 spiro atoms. The second kappa shape index (κ2) is 9.72. The summed E-state index contributed by atoms with van der Waals surface area (Å²) in [4.78, 5) is 37.2. The number of nitrogens with one attached hydrogen (secondary N) is 2. The predicted molar refractivity (Wildman–Crippen MR) is 131 cm³/mol. The van der Waals surface area contributed by atoms with Crippen LogP contribution in [0, 0.1) is 11.3 Å².